The monoisotopic (exact) mass is 296 g/mol. The van der Waals surface area contributed by atoms with Gasteiger partial charge < -0.3 is 15.3 Å². The van der Waals surface area contributed by atoms with Gasteiger partial charge in [0.15, 0.2) is 0 Å². The zero-order valence-electron chi connectivity index (χ0n) is 13.1. The molecule has 0 spiro atoms. The van der Waals surface area contributed by atoms with Gasteiger partial charge in [-0.05, 0) is 37.0 Å². The van der Waals surface area contributed by atoms with E-state index in [0.717, 1.165) is 51.1 Å². The topological polar surface area (TPSA) is 69.6 Å². The van der Waals surface area contributed by atoms with Crippen LogP contribution in [0.5, 0.6) is 0 Å². The molecule has 2 aliphatic rings. The summed E-state index contributed by atoms with van der Waals surface area (Å²) in [4.78, 5) is 25.0. The number of amides is 2. The molecule has 2 rings (SSSR count). The Morgan fingerprint density at radius 3 is 2.43 bits per heavy atom. The highest BCUT2D eigenvalue weighted by Crippen LogP contribution is 2.43. The molecule has 0 atom stereocenters. The number of likely N-dealkylation sites (tertiary alicyclic amines) is 1. The molecule has 0 bridgehead atoms. The van der Waals surface area contributed by atoms with Gasteiger partial charge in [0.05, 0.1) is 6.42 Å². The number of piperidine rings is 1. The third-order valence-corrected chi connectivity index (χ3v) is 5.15. The molecule has 5 nitrogen and oxygen atoms in total. The molecule has 2 fully saturated rings. The maximum absolute atomic E-state index is 12.2. The molecule has 2 N–H and O–H groups in total. The van der Waals surface area contributed by atoms with Crippen molar-refractivity contribution in [3.8, 4) is 0 Å². The van der Waals surface area contributed by atoms with Crippen LogP contribution in [-0.2, 0) is 4.79 Å². The first-order valence-corrected chi connectivity index (χ1v) is 8.29. The molecule has 1 heterocycles. The molecule has 120 valence electrons. The molecule has 1 saturated heterocycles. The minimum atomic E-state index is -0.760. The molecule has 0 aromatic carbocycles. The van der Waals surface area contributed by atoms with E-state index < -0.39 is 5.97 Å². The highest BCUT2D eigenvalue weighted by molar-refractivity contribution is 5.74. The quantitative estimate of drug-likeness (QED) is 0.792. The van der Waals surface area contributed by atoms with Crippen LogP contribution >= 0.6 is 0 Å². The van der Waals surface area contributed by atoms with E-state index in [-0.39, 0.29) is 17.9 Å². The van der Waals surface area contributed by atoms with Crippen molar-refractivity contribution in [2.75, 3.05) is 19.6 Å². The molecule has 2 amide bonds. The highest BCUT2D eigenvalue weighted by atomic mass is 16.4. The van der Waals surface area contributed by atoms with Gasteiger partial charge in [-0.25, -0.2) is 4.79 Å². The van der Waals surface area contributed by atoms with E-state index in [2.05, 4.69) is 12.2 Å². The van der Waals surface area contributed by atoms with E-state index in [9.17, 15) is 9.59 Å². The molecular weight excluding hydrogens is 268 g/mol. The van der Waals surface area contributed by atoms with E-state index in [1.807, 2.05) is 4.90 Å². The van der Waals surface area contributed by atoms with Crippen molar-refractivity contribution < 1.29 is 14.7 Å². The van der Waals surface area contributed by atoms with E-state index >= 15 is 0 Å². The second-order valence-electron chi connectivity index (χ2n) is 6.80. The van der Waals surface area contributed by atoms with Crippen LogP contribution in [0.1, 0.15) is 58.3 Å². The number of carboxylic acid groups (broad SMARTS) is 1. The number of hydrogen-bond acceptors (Lipinski definition) is 2. The molecule has 5 heteroatoms. The zero-order valence-corrected chi connectivity index (χ0v) is 13.1. The number of carbonyl (C=O) groups excluding carboxylic acids is 1. The average Bonchev–Trinajstić information content (AvgIpc) is 2.42. The van der Waals surface area contributed by atoms with Gasteiger partial charge in [0.25, 0.3) is 0 Å². The van der Waals surface area contributed by atoms with Gasteiger partial charge in [-0.15, -0.1) is 0 Å². The highest BCUT2D eigenvalue weighted by Gasteiger charge is 2.39. The Hall–Kier alpha value is -1.26. The van der Waals surface area contributed by atoms with Crippen LogP contribution in [0.3, 0.4) is 0 Å². The maximum Gasteiger partial charge on any atom is 0.317 e. The lowest BCUT2D eigenvalue weighted by Crippen LogP contribution is -2.49. The van der Waals surface area contributed by atoms with Crippen molar-refractivity contribution in [2.45, 2.75) is 58.3 Å². The Balaban J connectivity index is 1.73. The van der Waals surface area contributed by atoms with Gasteiger partial charge in [-0.2, -0.15) is 0 Å². The molecule has 0 aromatic heterocycles. The smallest absolute Gasteiger partial charge is 0.317 e. The van der Waals surface area contributed by atoms with E-state index in [1.165, 1.54) is 12.8 Å². The fourth-order valence-electron chi connectivity index (χ4n) is 3.62. The second kappa shape index (κ2) is 7.14. The Morgan fingerprint density at radius 2 is 1.95 bits per heavy atom. The Morgan fingerprint density at radius 1 is 1.29 bits per heavy atom. The SMILES string of the molecule is CCCC1CCN(C(=O)NCC2(CC(=O)O)CCC2)CC1. The first-order valence-electron chi connectivity index (χ1n) is 8.29. The van der Waals surface area contributed by atoms with Crippen LogP contribution in [0.25, 0.3) is 0 Å². The third kappa shape index (κ3) is 4.35. The number of urea groups is 1. The molecule has 0 radical (unpaired) electrons. The summed E-state index contributed by atoms with van der Waals surface area (Å²) in [5, 5.41) is 12.0. The number of carboxylic acids is 1. The summed E-state index contributed by atoms with van der Waals surface area (Å²) in [6.07, 6.45) is 7.75. The summed E-state index contributed by atoms with van der Waals surface area (Å²) in [5.41, 5.74) is -0.192. The van der Waals surface area contributed by atoms with Crippen molar-refractivity contribution >= 4 is 12.0 Å². The summed E-state index contributed by atoms with van der Waals surface area (Å²) in [7, 11) is 0. The summed E-state index contributed by atoms with van der Waals surface area (Å²) < 4.78 is 0. The van der Waals surface area contributed by atoms with Crippen LogP contribution in [0, 0.1) is 11.3 Å². The lowest BCUT2D eigenvalue weighted by atomic mass is 9.66. The van der Waals surface area contributed by atoms with Crippen LogP contribution < -0.4 is 5.32 Å². The standard InChI is InChI=1S/C16H28N2O3/c1-2-4-13-5-9-18(10-6-13)15(21)17-12-16(7-3-8-16)11-14(19)20/h13H,2-12H2,1H3,(H,17,21)(H,19,20). The van der Waals surface area contributed by atoms with Crippen molar-refractivity contribution in [1.29, 1.82) is 0 Å². The number of rotatable bonds is 6. The molecule has 1 aliphatic heterocycles. The number of nitrogens with one attached hydrogen (secondary N) is 1. The minimum absolute atomic E-state index is 0.0124. The lowest BCUT2D eigenvalue weighted by Gasteiger charge is -2.41. The Kier molecular flexibility index (Phi) is 5.48. The third-order valence-electron chi connectivity index (χ3n) is 5.15. The van der Waals surface area contributed by atoms with E-state index in [1.54, 1.807) is 0 Å². The first-order chi connectivity index (χ1) is 10.0. The molecule has 0 unspecified atom stereocenters. The van der Waals surface area contributed by atoms with Crippen molar-refractivity contribution in [3.63, 3.8) is 0 Å². The van der Waals surface area contributed by atoms with Crippen molar-refractivity contribution in [2.24, 2.45) is 11.3 Å². The van der Waals surface area contributed by atoms with Gasteiger partial charge >= 0.3 is 12.0 Å². The number of nitrogens with zero attached hydrogens (tertiary/aromatic N) is 1. The predicted octanol–water partition coefficient (Wildman–Crippen LogP) is 2.85. The molecule has 21 heavy (non-hydrogen) atoms. The first kappa shape index (κ1) is 16.1. The van der Waals surface area contributed by atoms with Gasteiger partial charge in [-0.3, -0.25) is 4.79 Å². The molecule has 1 aliphatic carbocycles. The molecule has 1 saturated carbocycles. The summed E-state index contributed by atoms with van der Waals surface area (Å²) in [6.45, 7) is 4.39. The lowest BCUT2D eigenvalue weighted by molar-refractivity contribution is -0.141. The number of aliphatic carboxylic acids is 1. The van der Waals surface area contributed by atoms with Crippen LogP contribution in [0.2, 0.25) is 0 Å². The minimum Gasteiger partial charge on any atom is -0.481 e. The van der Waals surface area contributed by atoms with Gasteiger partial charge in [0.2, 0.25) is 0 Å². The second-order valence-corrected chi connectivity index (χ2v) is 6.80. The van der Waals surface area contributed by atoms with Crippen LogP contribution in [0.15, 0.2) is 0 Å². The summed E-state index contributed by atoms with van der Waals surface area (Å²) >= 11 is 0. The zero-order chi connectivity index (χ0) is 15.3. The Bertz CT molecular complexity index is 372. The van der Waals surface area contributed by atoms with E-state index in [0.29, 0.717) is 6.54 Å². The van der Waals surface area contributed by atoms with Crippen LogP contribution in [-0.4, -0.2) is 41.6 Å². The normalized spacial score (nSPS) is 21.7. The number of carbonyl (C=O) groups is 2. The van der Waals surface area contributed by atoms with Gasteiger partial charge in [-0.1, -0.05) is 26.2 Å². The molecular formula is C16H28N2O3. The van der Waals surface area contributed by atoms with Crippen molar-refractivity contribution in [3.05, 3.63) is 0 Å². The fraction of sp³-hybridized carbons (Fsp3) is 0.875. The average molecular weight is 296 g/mol. The van der Waals surface area contributed by atoms with Crippen molar-refractivity contribution in [1.82, 2.24) is 10.2 Å². The number of hydrogen-bond donors (Lipinski definition) is 2. The van der Waals surface area contributed by atoms with Gasteiger partial charge in [0.1, 0.15) is 0 Å². The largest absolute Gasteiger partial charge is 0.481 e. The Labute approximate surface area is 127 Å². The van der Waals surface area contributed by atoms with E-state index in [4.69, 9.17) is 5.11 Å². The predicted molar refractivity (Wildman–Crippen MR) is 81.1 cm³/mol. The summed E-state index contributed by atoms with van der Waals surface area (Å²) in [6, 6.07) is -0.0124. The molecule has 0 aromatic rings. The fourth-order valence-corrected chi connectivity index (χ4v) is 3.62. The van der Waals surface area contributed by atoms with Gasteiger partial charge in [0, 0.05) is 19.6 Å². The van der Waals surface area contributed by atoms with Crippen LogP contribution in [0.4, 0.5) is 4.79 Å². The maximum atomic E-state index is 12.2. The summed E-state index contributed by atoms with van der Waals surface area (Å²) in [5.74, 6) is 0.00774.